The van der Waals surface area contributed by atoms with E-state index >= 15 is 0 Å². The zero-order chi connectivity index (χ0) is 16.9. The Kier molecular flexibility index (Phi) is 5.41. The lowest BCUT2D eigenvalue weighted by molar-refractivity contribution is 0.211. The van der Waals surface area contributed by atoms with Gasteiger partial charge in [0.25, 0.3) is 0 Å². The van der Waals surface area contributed by atoms with Crippen molar-refractivity contribution in [2.75, 3.05) is 6.54 Å². The Morgan fingerprint density at radius 3 is 2.96 bits per heavy atom. The van der Waals surface area contributed by atoms with E-state index in [1.54, 1.807) is 6.20 Å². The van der Waals surface area contributed by atoms with Crippen LogP contribution in [0.2, 0.25) is 0 Å². The molecular weight excluding hydrogens is 300 g/mol. The van der Waals surface area contributed by atoms with Gasteiger partial charge in [0.1, 0.15) is 5.82 Å². The lowest BCUT2D eigenvalue weighted by atomic mass is 10.1. The number of hydrogen-bond acceptors (Lipinski definition) is 5. The van der Waals surface area contributed by atoms with Crippen LogP contribution in [0, 0.1) is 0 Å². The maximum atomic E-state index is 5.84. The second-order valence-corrected chi connectivity index (χ2v) is 6.60. The van der Waals surface area contributed by atoms with Crippen molar-refractivity contribution in [1.82, 2.24) is 19.9 Å². The molecule has 0 aliphatic carbocycles. The number of aryl methyl sites for hydroxylation is 1. The van der Waals surface area contributed by atoms with Gasteiger partial charge in [-0.05, 0) is 26.3 Å². The molecule has 5 nitrogen and oxygen atoms in total. The number of aromatic nitrogens is 3. The molecule has 0 spiro atoms. The van der Waals surface area contributed by atoms with Gasteiger partial charge < -0.3 is 4.74 Å². The number of nitrogens with zero attached hydrogens (tertiary/aromatic N) is 4. The molecule has 0 unspecified atom stereocenters. The first-order valence-corrected chi connectivity index (χ1v) is 8.82. The van der Waals surface area contributed by atoms with Crippen LogP contribution >= 0.6 is 0 Å². The standard InChI is InChI=1S/C19H26N4O/c1-4-6-18-21-11-16-13-23(10-8-17(16)22-18)12-15-7-5-9-20-19(15)24-14(2)3/h5,7,9,11,14H,4,6,8,10,12-13H2,1-3H3. The van der Waals surface area contributed by atoms with Crippen LogP contribution in [0.15, 0.2) is 24.5 Å². The molecule has 5 heteroatoms. The monoisotopic (exact) mass is 326 g/mol. The summed E-state index contributed by atoms with van der Waals surface area (Å²) in [6, 6.07) is 4.07. The number of pyridine rings is 1. The maximum absolute atomic E-state index is 5.84. The zero-order valence-electron chi connectivity index (χ0n) is 14.8. The minimum atomic E-state index is 0.131. The summed E-state index contributed by atoms with van der Waals surface area (Å²) in [5.74, 6) is 1.72. The van der Waals surface area contributed by atoms with Crippen LogP contribution in [0.4, 0.5) is 0 Å². The normalized spacial score (nSPS) is 14.7. The number of rotatable bonds is 6. The summed E-state index contributed by atoms with van der Waals surface area (Å²) >= 11 is 0. The smallest absolute Gasteiger partial charge is 0.218 e. The van der Waals surface area contributed by atoms with Crippen molar-refractivity contribution < 1.29 is 4.74 Å². The average molecular weight is 326 g/mol. The van der Waals surface area contributed by atoms with Crippen LogP contribution in [0.25, 0.3) is 0 Å². The molecule has 0 saturated heterocycles. The minimum Gasteiger partial charge on any atom is -0.475 e. The topological polar surface area (TPSA) is 51.1 Å². The van der Waals surface area contributed by atoms with Crippen LogP contribution in [0.3, 0.4) is 0 Å². The van der Waals surface area contributed by atoms with E-state index in [1.165, 1.54) is 11.3 Å². The van der Waals surface area contributed by atoms with Crippen molar-refractivity contribution in [3.05, 3.63) is 47.2 Å². The molecule has 2 aromatic rings. The number of fused-ring (bicyclic) bond motifs is 1. The molecule has 1 aliphatic rings. The predicted octanol–water partition coefficient (Wildman–Crippen LogP) is 3.17. The van der Waals surface area contributed by atoms with Crippen molar-refractivity contribution >= 4 is 0 Å². The van der Waals surface area contributed by atoms with E-state index in [4.69, 9.17) is 9.72 Å². The fraction of sp³-hybridized carbons (Fsp3) is 0.526. The Morgan fingerprint density at radius 2 is 2.17 bits per heavy atom. The molecule has 128 valence electrons. The summed E-state index contributed by atoms with van der Waals surface area (Å²) in [6.45, 7) is 8.95. The van der Waals surface area contributed by atoms with Gasteiger partial charge in [0.2, 0.25) is 5.88 Å². The van der Waals surface area contributed by atoms with Crippen molar-refractivity contribution in [2.45, 2.75) is 59.2 Å². The molecule has 2 aromatic heterocycles. The third kappa shape index (κ3) is 4.09. The summed E-state index contributed by atoms with van der Waals surface area (Å²) in [5.41, 5.74) is 3.60. The van der Waals surface area contributed by atoms with Crippen LogP contribution in [-0.2, 0) is 25.9 Å². The fourth-order valence-corrected chi connectivity index (χ4v) is 3.01. The Hall–Kier alpha value is -2.01. The molecule has 0 amide bonds. The van der Waals surface area contributed by atoms with E-state index in [9.17, 15) is 0 Å². The van der Waals surface area contributed by atoms with Crippen LogP contribution in [-0.4, -0.2) is 32.5 Å². The van der Waals surface area contributed by atoms with Crippen molar-refractivity contribution in [3.63, 3.8) is 0 Å². The second kappa shape index (κ2) is 7.71. The van der Waals surface area contributed by atoms with Gasteiger partial charge in [-0.2, -0.15) is 0 Å². The molecule has 0 atom stereocenters. The van der Waals surface area contributed by atoms with E-state index in [0.717, 1.165) is 56.2 Å². The van der Waals surface area contributed by atoms with Gasteiger partial charge in [-0.25, -0.2) is 15.0 Å². The summed E-state index contributed by atoms with van der Waals surface area (Å²) < 4.78 is 5.84. The van der Waals surface area contributed by atoms with Crippen LogP contribution in [0.1, 0.15) is 49.8 Å². The number of ether oxygens (including phenoxy) is 1. The van der Waals surface area contributed by atoms with Crippen molar-refractivity contribution in [2.24, 2.45) is 0 Å². The van der Waals surface area contributed by atoms with E-state index < -0.39 is 0 Å². The third-order valence-electron chi connectivity index (χ3n) is 4.13. The van der Waals surface area contributed by atoms with Crippen LogP contribution < -0.4 is 4.74 Å². The quantitative estimate of drug-likeness (QED) is 0.816. The highest BCUT2D eigenvalue weighted by atomic mass is 16.5. The summed E-state index contributed by atoms with van der Waals surface area (Å²) in [7, 11) is 0. The first-order chi connectivity index (χ1) is 11.7. The van der Waals surface area contributed by atoms with Gasteiger partial charge in [0, 0.05) is 61.7 Å². The second-order valence-electron chi connectivity index (χ2n) is 6.60. The third-order valence-corrected chi connectivity index (χ3v) is 4.13. The predicted molar refractivity (Wildman–Crippen MR) is 93.8 cm³/mol. The van der Waals surface area contributed by atoms with E-state index in [-0.39, 0.29) is 6.10 Å². The molecule has 0 N–H and O–H groups in total. The lowest BCUT2D eigenvalue weighted by Crippen LogP contribution is -2.31. The Balaban J connectivity index is 1.70. The van der Waals surface area contributed by atoms with Crippen molar-refractivity contribution in [1.29, 1.82) is 0 Å². The molecule has 3 heterocycles. The fourth-order valence-electron chi connectivity index (χ4n) is 3.01. The largest absolute Gasteiger partial charge is 0.475 e. The SMILES string of the molecule is CCCc1ncc2c(n1)CCN(Cc1cccnc1OC(C)C)C2. The number of hydrogen-bond donors (Lipinski definition) is 0. The molecule has 1 aliphatic heterocycles. The molecule has 24 heavy (non-hydrogen) atoms. The molecule has 0 bridgehead atoms. The highest BCUT2D eigenvalue weighted by molar-refractivity contribution is 5.27. The van der Waals surface area contributed by atoms with Gasteiger partial charge in [-0.1, -0.05) is 13.0 Å². The van der Waals surface area contributed by atoms with E-state index in [1.807, 2.05) is 26.1 Å². The summed E-state index contributed by atoms with van der Waals surface area (Å²) in [6.07, 6.45) is 6.96. The molecular formula is C19H26N4O. The molecule has 0 radical (unpaired) electrons. The Bertz CT molecular complexity index is 687. The van der Waals surface area contributed by atoms with Gasteiger partial charge >= 0.3 is 0 Å². The maximum Gasteiger partial charge on any atom is 0.218 e. The van der Waals surface area contributed by atoms with Gasteiger partial charge in [-0.3, -0.25) is 4.90 Å². The molecule has 0 saturated carbocycles. The van der Waals surface area contributed by atoms with E-state index in [0.29, 0.717) is 0 Å². The first kappa shape index (κ1) is 16.8. The van der Waals surface area contributed by atoms with Gasteiger partial charge in [-0.15, -0.1) is 0 Å². The summed E-state index contributed by atoms with van der Waals surface area (Å²) in [4.78, 5) is 16.0. The average Bonchev–Trinajstić information content (AvgIpc) is 2.56. The Morgan fingerprint density at radius 1 is 1.29 bits per heavy atom. The first-order valence-electron chi connectivity index (χ1n) is 8.82. The molecule has 0 fully saturated rings. The molecule has 3 rings (SSSR count). The van der Waals surface area contributed by atoms with Gasteiger partial charge in [0.15, 0.2) is 0 Å². The summed E-state index contributed by atoms with van der Waals surface area (Å²) in [5, 5.41) is 0. The van der Waals surface area contributed by atoms with Crippen molar-refractivity contribution in [3.8, 4) is 5.88 Å². The van der Waals surface area contributed by atoms with Crippen LogP contribution in [0.5, 0.6) is 5.88 Å². The van der Waals surface area contributed by atoms with E-state index in [2.05, 4.69) is 27.9 Å². The molecule has 0 aromatic carbocycles. The highest BCUT2D eigenvalue weighted by Crippen LogP contribution is 2.22. The Labute approximate surface area is 144 Å². The zero-order valence-corrected chi connectivity index (χ0v) is 14.8. The minimum absolute atomic E-state index is 0.131. The lowest BCUT2D eigenvalue weighted by Gasteiger charge is -2.28. The van der Waals surface area contributed by atoms with Gasteiger partial charge in [0.05, 0.1) is 6.10 Å². The highest BCUT2D eigenvalue weighted by Gasteiger charge is 2.20.